The van der Waals surface area contributed by atoms with Gasteiger partial charge in [-0.3, -0.25) is 4.79 Å². The fourth-order valence-electron chi connectivity index (χ4n) is 1.30. The van der Waals surface area contributed by atoms with Crippen molar-refractivity contribution in [2.24, 2.45) is 5.73 Å². The Bertz CT molecular complexity index is 399. The third-order valence-corrected chi connectivity index (χ3v) is 2.40. The fourth-order valence-corrected chi connectivity index (χ4v) is 1.53. The van der Waals surface area contributed by atoms with Gasteiger partial charge in [0.05, 0.1) is 23.9 Å². The molecular formula is C12H17ClN2O3. The van der Waals surface area contributed by atoms with Crippen LogP contribution < -0.4 is 15.8 Å². The summed E-state index contributed by atoms with van der Waals surface area (Å²) in [5, 5.41) is 3.06. The molecule has 0 aliphatic rings. The van der Waals surface area contributed by atoms with Crippen molar-refractivity contribution in [2.75, 3.05) is 31.7 Å². The molecule has 0 bridgehead atoms. The minimum Gasteiger partial charge on any atom is -0.487 e. The zero-order valence-corrected chi connectivity index (χ0v) is 11.0. The van der Waals surface area contributed by atoms with E-state index < -0.39 is 0 Å². The molecule has 0 heterocycles. The average molecular weight is 273 g/mol. The summed E-state index contributed by atoms with van der Waals surface area (Å²) in [6.07, 6.45) is 0. The van der Waals surface area contributed by atoms with E-state index in [9.17, 15) is 4.79 Å². The number of halogens is 1. The Kier molecular flexibility index (Phi) is 6.49. The highest BCUT2D eigenvalue weighted by molar-refractivity contribution is 6.32. The Morgan fingerprint density at radius 3 is 2.89 bits per heavy atom. The minimum absolute atomic E-state index is 0.0924. The molecule has 0 spiro atoms. The molecule has 5 nitrogen and oxygen atoms in total. The van der Waals surface area contributed by atoms with Crippen molar-refractivity contribution in [1.29, 1.82) is 0 Å². The zero-order chi connectivity index (χ0) is 13.4. The molecule has 0 aliphatic heterocycles. The van der Waals surface area contributed by atoms with Crippen molar-refractivity contribution in [3.05, 3.63) is 23.2 Å². The number of nitrogens with one attached hydrogen (secondary N) is 1. The van der Waals surface area contributed by atoms with E-state index in [2.05, 4.69) is 5.32 Å². The number of rotatable bonds is 7. The van der Waals surface area contributed by atoms with Gasteiger partial charge in [-0.15, -0.1) is 0 Å². The first-order valence-corrected chi connectivity index (χ1v) is 6.05. The summed E-state index contributed by atoms with van der Waals surface area (Å²) in [4.78, 5) is 11.3. The van der Waals surface area contributed by atoms with Gasteiger partial charge in [0.1, 0.15) is 6.61 Å². The molecule has 1 rings (SSSR count). The maximum atomic E-state index is 11.3. The van der Waals surface area contributed by atoms with Gasteiger partial charge in [-0.1, -0.05) is 17.7 Å². The topological polar surface area (TPSA) is 73.6 Å². The number of hydrogen-bond donors (Lipinski definition) is 2. The van der Waals surface area contributed by atoms with Crippen molar-refractivity contribution >= 4 is 23.2 Å². The first-order valence-electron chi connectivity index (χ1n) is 5.68. The number of nitrogens with two attached hydrogens (primary N) is 1. The second-order valence-corrected chi connectivity index (χ2v) is 3.82. The highest BCUT2D eigenvalue weighted by Gasteiger charge is 2.10. The second-order valence-electron chi connectivity index (χ2n) is 3.41. The molecule has 0 saturated carbocycles. The summed E-state index contributed by atoms with van der Waals surface area (Å²) in [5.41, 5.74) is 5.75. The molecule has 0 atom stereocenters. The number of hydrogen-bond acceptors (Lipinski definition) is 4. The van der Waals surface area contributed by atoms with Gasteiger partial charge in [-0.2, -0.15) is 0 Å². The maximum Gasteiger partial charge on any atom is 0.238 e. The second kappa shape index (κ2) is 7.92. The Labute approximate surface area is 111 Å². The molecule has 1 aromatic carbocycles. The van der Waals surface area contributed by atoms with Gasteiger partial charge in [0.25, 0.3) is 0 Å². The van der Waals surface area contributed by atoms with E-state index in [0.717, 1.165) is 0 Å². The molecule has 0 unspecified atom stereocenters. The predicted octanol–water partition coefficient (Wildman–Crippen LogP) is 1.65. The standard InChI is InChI=1S/C12H17ClN2O3/c1-2-17-6-7-18-12-9(13)4-3-5-10(12)15-11(16)8-14/h3-5H,2,6-8,14H2,1H3,(H,15,16). The normalized spacial score (nSPS) is 10.2. The Morgan fingerprint density at radius 2 is 2.22 bits per heavy atom. The van der Waals surface area contributed by atoms with Crippen LogP contribution in [0.3, 0.4) is 0 Å². The smallest absolute Gasteiger partial charge is 0.238 e. The molecule has 0 radical (unpaired) electrons. The Morgan fingerprint density at radius 1 is 1.44 bits per heavy atom. The molecular weight excluding hydrogens is 256 g/mol. The lowest BCUT2D eigenvalue weighted by atomic mass is 10.3. The highest BCUT2D eigenvalue weighted by Crippen LogP contribution is 2.32. The van der Waals surface area contributed by atoms with Gasteiger partial charge < -0.3 is 20.5 Å². The van der Waals surface area contributed by atoms with Gasteiger partial charge in [-0.05, 0) is 19.1 Å². The van der Waals surface area contributed by atoms with Crippen molar-refractivity contribution in [3.63, 3.8) is 0 Å². The number of benzene rings is 1. The SMILES string of the molecule is CCOCCOc1c(Cl)cccc1NC(=O)CN. The molecule has 0 aromatic heterocycles. The van der Waals surface area contributed by atoms with Crippen LogP contribution in [0.25, 0.3) is 0 Å². The number of carbonyl (C=O) groups excluding carboxylic acids is 1. The van der Waals surface area contributed by atoms with E-state index in [0.29, 0.717) is 36.3 Å². The van der Waals surface area contributed by atoms with Crippen molar-refractivity contribution < 1.29 is 14.3 Å². The fraction of sp³-hybridized carbons (Fsp3) is 0.417. The molecule has 0 aliphatic carbocycles. The molecule has 18 heavy (non-hydrogen) atoms. The molecule has 1 aromatic rings. The summed E-state index contributed by atoms with van der Waals surface area (Å²) >= 11 is 6.02. The monoisotopic (exact) mass is 272 g/mol. The minimum atomic E-state index is -0.299. The number of carbonyl (C=O) groups is 1. The van der Waals surface area contributed by atoms with Crippen LogP contribution in [0.5, 0.6) is 5.75 Å². The van der Waals surface area contributed by atoms with Gasteiger partial charge in [0.15, 0.2) is 5.75 Å². The number of ether oxygens (including phenoxy) is 2. The molecule has 100 valence electrons. The van der Waals surface area contributed by atoms with Crippen LogP contribution in [0.2, 0.25) is 5.02 Å². The lowest BCUT2D eigenvalue weighted by Gasteiger charge is -2.13. The van der Waals surface area contributed by atoms with Crippen LogP contribution in [-0.2, 0) is 9.53 Å². The molecule has 0 fully saturated rings. The average Bonchev–Trinajstić information content (AvgIpc) is 2.37. The highest BCUT2D eigenvalue weighted by atomic mass is 35.5. The molecule has 3 N–H and O–H groups in total. The predicted molar refractivity (Wildman–Crippen MR) is 71.1 cm³/mol. The lowest BCUT2D eigenvalue weighted by molar-refractivity contribution is -0.114. The van der Waals surface area contributed by atoms with E-state index in [-0.39, 0.29) is 12.5 Å². The van der Waals surface area contributed by atoms with Gasteiger partial charge in [0, 0.05) is 6.61 Å². The zero-order valence-electron chi connectivity index (χ0n) is 10.2. The third kappa shape index (κ3) is 4.52. The summed E-state index contributed by atoms with van der Waals surface area (Å²) < 4.78 is 10.7. The van der Waals surface area contributed by atoms with Crippen LogP contribution in [0, 0.1) is 0 Å². The summed E-state index contributed by atoms with van der Waals surface area (Å²) in [6, 6.07) is 5.12. The molecule has 6 heteroatoms. The number of amides is 1. The summed E-state index contributed by atoms with van der Waals surface area (Å²) in [5.74, 6) is 0.132. The van der Waals surface area contributed by atoms with Crippen LogP contribution in [0.15, 0.2) is 18.2 Å². The van der Waals surface area contributed by atoms with Crippen LogP contribution in [-0.4, -0.2) is 32.3 Å². The van der Waals surface area contributed by atoms with E-state index in [4.69, 9.17) is 26.8 Å². The lowest BCUT2D eigenvalue weighted by Crippen LogP contribution is -2.22. The van der Waals surface area contributed by atoms with Gasteiger partial charge in [-0.25, -0.2) is 0 Å². The number of anilines is 1. The van der Waals surface area contributed by atoms with Gasteiger partial charge >= 0.3 is 0 Å². The van der Waals surface area contributed by atoms with Crippen LogP contribution >= 0.6 is 11.6 Å². The Balaban J connectivity index is 2.71. The maximum absolute atomic E-state index is 11.3. The summed E-state index contributed by atoms with van der Waals surface area (Å²) in [6.45, 7) is 3.27. The first kappa shape index (κ1) is 14.8. The third-order valence-electron chi connectivity index (χ3n) is 2.10. The van der Waals surface area contributed by atoms with E-state index >= 15 is 0 Å². The Hall–Kier alpha value is -1.30. The van der Waals surface area contributed by atoms with Crippen molar-refractivity contribution in [1.82, 2.24) is 0 Å². The van der Waals surface area contributed by atoms with E-state index in [1.165, 1.54) is 0 Å². The quantitative estimate of drug-likeness (QED) is 0.740. The largest absolute Gasteiger partial charge is 0.487 e. The van der Waals surface area contributed by atoms with E-state index in [1.54, 1.807) is 18.2 Å². The number of para-hydroxylation sites is 1. The van der Waals surface area contributed by atoms with E-state index in [1.807, 2.05) is 6.92 Å². The van der Waals surface area contributed by atoms with Crippen LogP contribution in [0.1, 0.15) is 6.92 Å². The summed E-state index contributed by atoms with van der Waals surface area (Å²) in [7, 11) is 0. The van der Waals surface area contributed by atoms with Gasteiger partial charge in [0.2, 0.25) is 5.91 Å². The van der Waals surface area contributed by atoms with Crippen molar-refractivity contribution in [2.45, 2.75) is 6.92 Å². The first-order chi connectivity index (χ1) is 8.69. The molecule has 1 amide bonds. The van der Waals surface area contributed by atoms with Crippen LogP contribution in [0.4, 0.5) is 5.69 Å². The molecule has 0 saturated heterocycles. The van der Waals surface area contributed by atoms with Crippen molar-refractivity contribution in [3.8, 4) is 5.75 Å².